The number of benzene rings is 2. The maximum Gasteiger partial charge on any atom is 0.246 e. The van der Waals surface area contributed by atoms with Crippen molar-refractivity contribution in [3.05, 3.63) is 66.4 Å². The average molecular weight is 500 g/mol. The molecular weight excluding hydrogens is 466 g/mol. The van der Waals surface area contributed by atoms with Crippen LogP contribution in [0, 0.1) is 0 Å². The Kier molecular flexibility index (Phi) is 6.75. The normalized spacial score (nSPS) is 19.6. The first-order valence-corrected chi connectivity index (χ1v) is 13.9. The minimum atomic E-state index is 0.144. The molecule has 0 saturated carbocycles. The number of para-hydroxylation sites is 1. The standard InChI is InChI=1S/C29H33N5OS/c35-28(13-12-22-21-30-26-10-3-1-8-24(22)26)34-15-6-5-7-23(34)14-16-32-17-19-33(20-18-32)29-25-9-2-4-11-27(25)36-31-29/h1-4,8-13,21,23,30H,5-7,14-20H2/b13-12+/t23-/m0/s1. The van der Waals surface area contributed by atoms with Gasteiger partial charge >= 0.3 is 0 Å². The van der Waals surface area contributed by atoms with Gasteiger partial charge in [-0.05, 0) is 67.1 Å². The fourth-order valence-corrected chi connectivity index (χ4v) is 6.49. The molecule has 0 aliphatic carbocycles. The lowest BCUT2D eigenvalue weighted by Gasteiger charge is -2.39. The fourth-order valence-electron chi connectivity index (χ4n) is 5.70. The molecule has 36 heavy (non-hydrogen) atoms. The SMILES string of the molecule is O=C(/C=C/c1c[nH]c2ccccc12)N1CCCC[C@H]1CCN1CCN(c2nsc3ccccc23)CC1. The lowest BCUT2D eigenvalue weighted by atomic mass is 9.98. The molecule has 1 atom stereocenters. The van der Waals surface area contributed by atoms with Crippen molar-refractivity contribution in [2.45, 2.75) is 31.7 Å². The average Bonchev–Trinajstić information content (AvgIpc) is 3.55. The number of aromatic nitrogens is 2. The molecule has 1 N–H and O–H groups in total. The summed E-state index contributed by atoms with van der Waals surface area (Å²) in [5.74, 6) is 1.28. The summed E-state index contributed by atoms with van der Waals surface area (Å²) >= 11 is 1.59. The van der Waals surface area contributed by atoms with E-state index in [0.717, 1.165) is 80.8 Å². The van der Waals surface area contributed by atoms with E-state index in [1.807, 2.05) is 24.4 Å². The van der Waals surface area contributed by atoms with Gasteiger partial charge in [0.2, 0.25) is 5.91 Å². The summed E-state index contributed by atoms with van der Waals surface area (Å²) in [4.78, 5) is 23.6. The van der Waals surface area contributed by atoms with Crippen molar-refractivity contribution in [2.75, 3.05) is 44.2 Å². The first-order valence-electron chi connectivity index (χ1n) is 13.1. The summed E-state index contributed by atoms with van der Waals surface area (Å²) in [6, 6.07) is 17.1. The van der Waals surface area contributed by atoms with Crippen molar-refractivity contribution in [3.8, 4) is 0 Å². The van der Waals surface area contributed by atoms with E-state index in [0.29, 0.717) is 6.04 Å². The minimum Gasteiger partial charge on any atom is -0.361 e. The molecule has 6 rings (SSSR count). The van der Waals surface area contributed by atoms with Crippen LogP contribution in [0.3, 0.4) is 0 Å². The third kappa shape index (κ3) is 4.77. The lowest BCUT2D eigenvalue weighted by Crippen LogP contribution is -2.49. The van der Waals surface area contributed by atoms with Crippen LogP contribution >= 0.6 is 11.5 Å². The second-order valence-electron chi connectivity index (χ2n) is 9.92. The van der Waals surface area contributed by atoms with Gasteiger partial charge in [-0.15, -0.1) is 0 Å². The van der Waals surface area contributed by atoms with Crippen LogP contribution in [0.5, 0.6) is 0 Å². The molecule has 2 aliphatic heterocycles. The summed E-state index contributed by atoms with van der Waals surface area (Å²) in [6.07, 6.45) is 10.2. The smallest absolute Gasteiger partial charge is 0.246 e. The highest BCUT2D eigenvalue weighted by molar-refractivity contribution is 7.13. The van der Waals surface area contributed by atoms with Crippen molar-refractivity contribution >= 4 is 50.3 Å². The molecule has 2 aromatic heterocycles. The number of carbonyl (C=O) groups is 1. The van der Waals surface area contributed by atoms with E-state index >= 15 is 0 Å². The van der Waals surface area contributed by atoms with E-state index in [-0.39, 0.29) is 5.91 Å². The number of piperazine rings is 1. The van der Waals surface area contributed by atoms with Crippen molar-refractivity contribution in [1.82, 2.24) is 19.2 Å². The number of amides is 1. The first kappa shape index (κ1) is 23.3. The van der Waals surface area contributed by atoms with E-state index < -0.39 is 0 Å². The molecule has 7 heteroatoms. The third-order valence-corrected chi connectivity index (χ3v) is 8.56. The zero-order valence-electron chi connectivity index (χ0n) is 20.6. The van der Waals surface area contributed by atoms with E-state index in [9.17, 15) is 4.79 Å². The maximum absolute atomic E-state index is 13.2. The lowest BCUT2D eigenvalue weighted by molar-refractivity contribution is -0.129. The number of fused-ring (bicyclic) bond motifs is 2. The highest BCUT2D eigenvalue weighted by Gasteiger charge is 2.27. The number of hydrogen-bond acceptors (Lipinski definition) is 5. The Morgan fingerprint density at radius 2 is 1.81 bits per heavy atom. The van der Waals surface area contributed by atoms with Crippen LogP contribution in [0.15, 0.2) is 60.8 Å². The predicted octanol–water partition coefficient (Wildman–Crippen LogP) is 5.38. The van der Waals surface area contributed by atoms with E-state index in [1.165, 1.54) is 16.5 Å². The zero-order chi connectivity index (χ0) is 24.3. The number of aromatic amines is 1. The van der Waals surface area contributed by atoms with Gasteiger partial charge in [0.05, 0.1) is 4.70 Å². The van der Waals surface area contributed by atoms with Crippen LogP contribution in [0.1, 0.15) is 31.2 Å². The Bertz CT molecular complexity index is 1370. The van der Waals surface area contributed by atoms with Crippen LogP contribution in [-0.4, -0.2) is 70.4 Å². The summed E-state index contributed by atoms with van der Waals surface area (Å²) in [5, 5.41) is 2.43. The minimum absolute atomic E-state index is 0.144. The number of anilines is 1. The number of H-pyrrole nitrogens is 1. The Labute approximate surface area is 216 Å². The summed E-state index contributed by atoms with van der Waals surface area (Å²) < 4.78 is 6.00. The number of nitrogens with one attached hydrogen (secondary N) is 1. The van der Waals surface area contributed by atoms with Gasteiger partial charge in [0.1, 0.15) is 5.82 Å². The van der Waals surface area contributed by atoms with Crippen LogP contribution in [-0.2, 0) is 4.79 Å². The van der Waals surface area contributed by atoms with E-state index in [2.05, 4.69) is 56.1 Å². The van der Waals surface area contributed by atoms with Gasteiger partial charge in [-0.2, -0.15) is 4.37 Å². The van der Waals surface area contributed by atoms with Crippen LogP contribution in [0.4, 0.5) is 5.82 Å². The molecule has 4 heterocycles. The van der Waals surface area contributed by atoms with Gasteiger partial charge in [-0.3, -0.25) is 9.69 Å². The molecule has 4 aromatic rings. The number of likely N-dealkylation sites (tertiary alicyclic amines) is 1. The number of piperidine rings is 1. The van der Waals surface area contributed by atoms with E-state index in [4.69, 9.17) is 4.37 Å². The summed E-state index contributed by atoms with van der Waals surface area (Å²) in [6.45, 7) is 6.03. The van der Waals surface area contributed by atoms with Gasteiger partial charge in [-0.1, -0.05) is 30.3 Å². The molecule has 2 aliphatic rings. The van der Waals surface area contributed by atoms with Crippen molar-refractivity contribution in [1.29, 1.82) is 0 Å². The zero-order valence-corrected chi connectivity index (χ0v) is 21.4. The second-order valence-corrected chi connectivity index (χ2v) is 10.7. The Morgan fingerprint density at radius 3 is 2.69 bits per heavy atom. The molecule has 186 valence electrons. The van der Waals surface area contributed by atoms with E-state index in [1.54, 1.807) is 17.6 Å². The molecule has 2 fully saturated rings. The molecule has 2 saturated heterocycles. The largest absolute Gasteiger partial charge is 0.361 e. The number of rotatable bonds is 6. The van der Waals surface area contributed by atoms with Crippen molar-refractivity contribution in [2.24, 2.45) is 0 Å². The Morgan fingerprint density at radius 1 is 1.00 bits per heavy atom. The van der Waals surface area contributed by atoms with Crippen molar-refractivity contribution in [3.63, 3.8) is 0 Å². The molecular formula is C29H33N5OS. The predicted molar refractivity (Wildman–Crippen MR) is 150 cm³/mol. The highest BCUT2D eigenvalue weighted by atomic mass is 32.1. The van der Waals surface area contributed by atoms with Crippen LogP contribution < -0.4 is 4.90 Å². The molecule has 2 aromatic carbocycles. The number of nitrogens with zero attached hydrogens (tertiary/aromatic N) is 4. The first-order chi connectivity index (χ1) is 17.8. The molecule has 1 amide bonds. The topological polar surface area (TPSA) is 55.5 Å². The van der Waals surface area contributed by atoms with Crippen LogP contribution in [0.2, 0.25) is 0 Å². The Hall–Kier alpha value is -3.16. The monoisotopic (exact) mass is 499 g/mol. The highest BCUT2D eigenvalue weighted by Crippen LogP contribution is 2.30. The van der Waals surface area contributed by atoms with Gasteiger partial charge in [0.15, 0.2) is 0 Å². The number of carbonyl (C=O) groups excluding carboxylic acids is 1. The third-order valence-electron chi connectivity index (χ3n) is 7.75. The molecule has 6 nitrogen and oxygen atoms in total. The molecule has 0 radical (unpaired) electrons. The quantitative estimate of drug-likeness (QED) is 0.362. The summed E-state index contributed by atoms with van der Waals surface area (Å²) in [7, 11) is 0. The van der Waals surface area contributed by atoms with Crippen LogP contribution in [0.25, 0.3) is 27.1 Å². The van der Waals surface area contributed by atoms with Gasteiger partial charge in [-0.25, -0.2) is 0 Å². The fraction of sp³-hybridized carbons (Fsp3) is 0.379. The molecule has 0 unspecified atom stereocenters. The summed E-state index contributed by atoms with van der Waals surface area (Å²) in [5.41, 5.74) is 2.17. The second kappa shape index (κ2) is 10.4. The molecule has 0 bridgehead atoms. The number of hydrogen-bond donors (Lipinski definition) is 1. The maximum atomic E-state index is 13.2. The van der Waals surface area contributed by atoms with Gasteiger partial charge in [0.25, 0.3) is 0 Å². The molecule has 0 spiro atoms. The van der Waals surface area contributed by atoms with Crippen molar-refractivity contribution < 1.29 is 4.79 Å². The Balaban J connectivity index is 1.04. The van der Waals surface area contributed by atoms with Gasteiger partial charge < -0.3 is 14.8 Å². The van der Waals surface area contributed by atoms with Gasteiger partial charge in [0, 0.05) is 73.9 Å².